The second kappa shape index (κ2) is 28.3. The van der Waals surface area contributed by atoms with Crippen molar-refractivity contribution in [1.82, 2.24) is 0 Å². The molecule has 0 amide bonds. The Kier molecular flexibility index (Phi) is 41.8. The normalized spacial score (nSPS) is 12.8. The Balaban J connectivity index is -0.0000000524. The molecule has 0 N–H and O–H groups in total. The molecule has 0 spiro atoms. The number of hydrogen-bond donors (Lipinski definition) is 0. The third kappa shape index (κ3) is 48.1. The van der Waals surface area contributed by atoms with Gasteiger partial charge in [-0.25, -0.2) is 50.5 Å². The van der Waals surface area contributed by atoms with Crippen LogP contribution in [-0.4, -0.2) is 128 Å². The van der Waals surface area contributed by atoms with Gasteiger partial charge in [0.1, 0.15) is 0 Å². The first-order valence-corrected chi connectivity index (χ1v) is 29.3. The number of alkyl halides is 18. The maximum atomic E-state index is 10.7. The summed E-state index contributed by atoms with van der Waals surface area (Å²) in [6.07, 6.45) is 0. The average Bonchev–Trinajstić information content (AvgIpc) is 2.67. The standard InChI is InChI=1S/6CHF3O3S.2BrH.Fe.Sn.2Zn/c6*2-1(3,4)8(5,6)7;;;;;;/h6*(H,5,6,7);2*1H;;;;/q;;;;;;;;4*+2/p-8. The van der Waals surface area contributed by atoms with Gasteiger partial charge < -0.3 is 27.3 Å². The van der Waals surface area contributed by atoms with Gasteiger partial charge in [-0.1, -0.05) is 0 Å². The van der Waals surface area contributed by atoms with Gasteiger partial charge in [-0.15, -0.1) is 0 Å². The van der Waals surface area contributed by atoms with Crippen LogP contribution < -0.4 is 0 Å². The van der Waals surface area contributed by atoms with Crippen molar-refractivity contribution < 1.29 is 213 Å². The molecule has 0 heterocycles. The van der Waals surface area contributed by atoms with Gasteiger partial charge in [0.2, 0.25) is 0 Å². The smallest absolute Gasteiger partial charge is 2.00 e. The first kappa shape index (κ1) is 79.8. The van der Waals surface area contributed by atoms with Crippen molar-refractivity contribution in [3.63, 3.8) is 0 Å². The molecular weight excluding hydrogens is 1360 g/mol. The summed E-state index contributed by atoms with van der Waals surface area (Å²) in [4.78, 5) is 0. The summed E-state index contributed by atoms with van der Waals surface area (Å²) in [5, 5.41) is 0. The van der Waals surface area contributed by atoms with Crippen LogP contribution in [0.25, 0.3) is 0 Å². The van der Waals surface area contributed by atoms with Crippen LogP contribution >= 0.6 is 25.4 Å². The molecule has 0 fully saturated rings. The Labute approximate surface area is 345 Å². The van der Waals surface area contributed by atoms with Crippen molar-refractivity contribution in [3.8, 4) is 0 Å². The zero-order valence-corrected chi connectivity index (χ0v) is 40.6. The second-order valence-corrected chi connectivity index (χ2v) is 26.6. The second-order valence-electron chi connectivity index (χ2n) is 5.47. The predicted molar refractivity (Wildman–Crippen MR) is 118 cm³/mol. The largest absolute Gasteiger partial charge is 2.00 e. The van der Waals surface area contributed by atoms with E-state index in [1.165, 1.54) is 0 Å². The molecule has 2 radical (unpaired) electrons. The van der Waals surface area contributed by atoms with Gasteiger partial charge in [0.05, 0.1) is 0 Å². The van der Waals surface area contributed by atoms with E-state index in [4.69, 9.17) is 77.8 Å². The van der Waals surface area contributed by atoms with Crippen molar-refractivity contribution in [1.29, 1.82) is 0 Å². The van der Waals surface area contributed by atoms with Crippen LogP contribution in [0.2, 0.25) is 0 Å². The van der Waals surface area contributed by atoms with Crippen LogP contribution in [0.4, 0.5) is 79.0 Å². The van der Waals surface area contributed by atoms with Crippen LogP contribution in [-0.2, 0) is 117 Å². The summed E-state index contributed by atoms with van der Waals surface area (Å²) in [6.45, 7) is 0. The van der Waals surface area contributed by atoms with Crippen molar-refractivity contribution >= 4 is 103 Å². The van der Waals surface area contributed by atoms with Crippen molar-refractivity contribution in [3.05, 3.63) is 0 Å². The Morgan fingerprint density at radius 1 is 0.296 bits per heavy atom. The number of hydrogen-bond acceptors (Lipinski definition) is 18. The molecule has 0 aromatic rings. The molecule has 0 saturated carbocycles. The summed E-state index contributed by atoms with van der Waals surface area (Å²) in [7, 11) is -36.5. The fourth-order valence-electron chi connectivity index (χ4n) is 0. The molecule has 0 aromatic heterocycles. The summed E-state index contributed by atoms with van der Waals surface area (Å²) in [6, 6.07) is 0. The van der Waals surface area contributed by atoms with E-state index in [9.17, 15) is 79.0 Å². The Morgan fingerprint density at radius 3 is 0.315 bits per heavy atom. The summed E-state index contributed by atoms with van der Waals surface area (Å²) in [5.41, 5.74) is -33.9. The molecule has 0 aromatic carbocycles. The van der Waals surface area contributed by atoms with E-state index in [1.54, 1.807) is 0 Å². The Morgan fingerprint density at radius 2 is 0.315 bits per heavy atom. The van der Waals surface area contributed by atoms with Crippen molar-refractivity contribution in [2.24, 2.45) is 0 Å². The van der Waals surface area contributed by atoms with Gasteiger partial charge in [0.15, 0.2) is 60.7 Å². The van der Waals surface area contributed by atoms with Gasteiger partial charge in [0, 0.05) is 0 Å². The zero-order chi connectivity index (χ0) is 44.7. The van der Waals surface area contributed by atoms with E-state index in [0.717, 1.165) is 0 Å². The van der Waals surface area contributed by atoms with E-state index >= 15 is 0 Å². The van der Waals surface area contributed by atoms with E-state index in [-0.39, 0.29) is 72.7 Å². The Hall–Kier alpha value is 1.72. The minimum absolute atomic E-state index is 0. The van der Waals surface area contributed by atoms with E-state index in [2.05, 4.69) is 25.4 Å². The number of rotatable bonds is 0. The average molecular weight is 1360 g/mol. The van der Waals surface area contributed by atoms with Gasteiger partial charge in [-0.2, -0.15) is 79.0 Å². The summed E-state index contributed by atoms with van der Waals surface area (Å²) in [5.74, 6) is 0. The molecule has 324 valence electrons. The predicted octanol–water partition coefficient (Wildman–Crippen LogP) is 1.61. The van der Waals surface area contributed by atoms with Crippen molar-refractivity contribution in [2.75, 3.05) is 0 Å². The van der Waals surface area contributed by atoms with Gasteiger partial charge in [0.25, 0.3) is 0 Å². The van der Waals surface area contributed by atoms with Crippen LogP contribution in [0.1, 0.15) is 0 Å². The molecule has 54 heavy (non-hydrogen) atoms. The summed E-state index contributed by atoms with van der Waals surface area (Å²) < 4.78 is 353. The fourth-order valence-corrected chi connectivity index (χ4v) is 0. The molecule has 18 nitrogen and oxygen atoms in total. The Bertz CT molecular complexity index is 1360. The molecule has 0 unspecified atom stereocenters. The van der Waals surface area contributed by atoms with Crippen LogP contribution in [0, 0.1) is 0 Å². The quantitative estimate of drug-likeness (QED) is 0.144. The maximum absolute atomic E-state index is 10.7. The molecule has 0 aliphatic rings. The molecule has 0 aliphatic carbocycles. The molecule has 0 aliphatic heterocycles. The molecule has 0 atom stereocenters. The van der Waals surface area contributed by atoms with Gasteiger partial charge >= 0.3 is 131 Å². The SMILES string of the molecule is O=S(=O)([O-])C(F)(F)F.O=S(=O)([O-])C(F)(F)F.O=S(=O)([O-])C(F)(F)F.O=S(=O)([O-])C(F)(F)F.O=S(=O)([O-])C(F)(F)F.O=S(=O)([O-])C(F)(F)F.[Br][Sn][Br].[Fe+2].[Zn+2].[Zn+2]. The first-order valence-electron chi connectivity index (χ1n) is 8.00. The maximum Gasteiger partial charge on any atom is 2.00 e. The van der Waals surface area contributed by atoms with E-state index in [0.29, 0.717) is 0 Å². The van der Waals surface area contributed by atoms with Crippen LogP contribution in [0.3, 0.4) is 0 Å². The fraction of sp³-hybridized carbons (Fsp3) is 1.00. The van der Waals surface area contributed by atoms with Crippen molar-refractivity contribution in [2.45, 2.75) is 33.0 Å². The molecular formula is C6Br2F18FeO18S6SnZn2. The molecule has 0 saturated heterocycles. The van der Waals surface area contributed by atoms with Crippen LogP contribution in [0.15, 0.2) is 0 Å². The molecule has 48 heteroatoms. The van der Waals surface area contributed by atoms with E-state index < -0.39 is 93.8 Å². The summed E-state index contributed by atoms with van der Waals surface area (Å²) >= 11 is 6.32. The monoisotopic (exact) mass is 1360 g/mol. The number of halogens is 20. The van der Waals surface area contributed by atoms with Gasteiger partial charge in [-0.05, 0) is 0 Å². The minimum atomic E-state index is -6.09. The van der Waals surface area contributed by atoms with E-state index in [1.807, 2.05) is 0 Å². The minimum Gasteiger partial charge on any atom is 2.00 e. The topological polar surface area (TPSA) is 343 Å². The van der Waals surface area contributed by atoms with Gasteiger partial charge in [-0.3, -0.25) is 0 Å². The third-order valence-electron chi connectivity index (χ3n) is 1.70. The zero-order valence-electron chi connectivity index (χ0n) is 22.6. The molecule has 0 bridgehead atoms. The first-order chi connectivity index (χ1) is 20.9. The molecule has 0 rings (SSSR count). The van der Waals surface area contributed by atoms with Crippen LogP contribution in [0.5, 0.6) is 0 Å². The third-order valence-corrected chi connectivity index (χ3v) is 5.10.